The Hall–Kier alpha value is -1.42. The Morgan fingerprint density at radius 2 is 1.33 bits per heavy atom. The number of nitrogens with two attached hydrogens (primary N) is 2. The van der Waals surface area contributed by atoms with Gasteiger partial charge in [0, 0.05) is 23.7 Å². The number of hydrogen-bond acceptors (Lipinski definition) is 4. The first-order valence-corrected chi connectivity index (χ1v) is 8.98. The molecule has 10 heteroatoms. The smallest absolute Gasteiger partial charge is 0.323 e. The second-order valence-corrected chi connectivity index (χ2v) is 8.63. The fraction of sp³-hybridized carbons (Fsp3) is 0.882. The summed E-state index contributed by atoms with van der Waals surface area (Å²) in [6.07, 6.45) is 1.03. The van der Waals surface area contributed by atoms with Crippen molar-refractivity contribution < 1.29 is 37.4 Å². The Morgan fingerprint density at radius 3 is 1.67 bits per heavy atom. The number of carbonyl (C=O) groups is 2. The Labute approximate surface area is 153 Å². The van der Waals surface area contributed by atoms with E-state index in [9.17, 15) is 27.2 Å². The Bertz CT molecular complexity index is 629. The molecular weight excluding hydrogens is 372 g/mol. The van der Waals surface area contributed by atoms with E-state index in [1.54, 1.807) is 0 Å². The fourth-order valence-electron chi connectivity index (χ4n) is 4.82. The molecule has 0 heterocycles. The summed E-state index contributed by atoms with van der Waals surface area (Å²) in [5, 5.41) is 17.4. The summed E-state index contributed by atoms with van der Waals surface area (Å²) in [7, 11) is 0. The summed E-state index contributed by atoms with van der Waals surface area (Å²) >= 11 is 0. The van der Waals surface area contributed by atoms with Crippen LogP contribution in [0.1, 0.15) is 32.6 Å². The Balaban J connectivity index is 0.000000156. The lowest BCUT2D eigenvalue weighted by Gasteiger charge is -2.28. The predicted molar refractivity (Wildman–Crippen MR) is 85.1 cm³/mol. The third-order valence-corrected chi connectivity index (χ3v) is 7.02. The highest BCUT2D eigenvalue weighted by atomic mass is 19.3. The highest BCUT2D eigenvalue weighted by Crippen LogP contribution is 2.67. The molecule has 0 radical (unpaired) electrons. The molecule has 154 valence electrons. The maximum Gasteiger partial charge on any atom is 0.323 e. The van der Waals surface area contributed by atoms with Crippen molar-refractivity contribution in [2.75, 3.05) is 0 Å². The number of carboxylic acid groups (broad SMARTS) is 2. The summed E-state index contributed by atoms with van der Waals surface area (Å²) in [5.74, 6) is -10.3. The number of alkyl halides is 4. The summed E-state index contributed by atoms with van der Waals surface area (Å²) in [6, 6.07) is -0.969. The van der Waals surface area contributed by atoms with Gasteiger partial charge in [-0.25, -0.2) is 17.6 Å². The van der Waals surface area contributed by atoms with Gasteiger partial charge in [-0.3, -0.25) is 9.59 Å². The first-order valence-electron chi connectivity index (χ1n) is 8.98. The minimum absolute atomic E-state index is 0.247. The largest absolute Gasteiger partial charge is 0.480 e. The maximum absolute atomic E-state index is 12.8. The van der Waals surface area contributed by atoms with Gasteiger partial charge in [-0.15, -0.1) is 0 Å². The van der Waals surface area contributed by atoms with Crippen LogP contribution in [0.3, 0.4) is 0 Å². The normalized spacial score (nSPS) is 42.6. The van der Waals surface area contributed by atoms with E-state index in [4.69, 9.17) is 21.7 Å². The van der Waals surface area contributed by atoms with E-state index >= 15 is 0 Å². The Morgan fingerprint density at radius 1 is 0.963 bits per heavy atom. The van der Waals surface area contributed by atoms with Gasteiger partial charge < -0.3 is 21.7 Å². The van der Waals surface area contributed by atoms with Crippen molar-refractivity contribution in [1.29, 1.82) is 0 Å². The van der Waals surface area contributed by atoms with Crippen LogP contribution in [0.2, 0.25) is 0 Å². The molecule has 6 unspecified atom stereocenters. The van der Waals surface area contributed by atoms with E-state index in [2.05, 4.69) is 0 Å². The van der Waals surface area contributed by atoms with Crippen LogP contribution in [0.4, 0.5) is 17.6 Å². The van der Waals surface area contributed by atoms with Crippen LogP contribution in [0.5, 0.6) is 0 Å². The summed E-state index contributed by atoms with van der Waals surface area (Å²) < 4.78 is 51.0. The molecule has 0 amide bonds. The topological polar surface area (TPSA) is 127 Å². The lowest BCUT2D eigenvalue weighted by Crippen LogP contribution is -2.51. The van der Waals surface area contributed by atoms with Crippen LogP contribution >= 0.6 is 0 Å². The lowest BCUT2D eigenvalue weighted by atomic mass is 9.83. The van der Waals surface area contributed by atoms with Crippen LogP contribution in [0.25, 0.3) is 0 Å². The van der Waals surface area contributed by atoms with Gasteiger partial charge in [0.15, 0.2) is 0 Å². The number of hydrogen-bond donors (Lipinski definition) is 4. The quantitative estimate of drug-likeness (QED) is 0.537. The number of halogens is 4. The molecule has 6 N–H and O–H groups in total. The molecular formula is C17H24F4N2O4. The minimum atomic E-state index is -2.55. The number of rotatable bonds is 4. The number of fused-ring (bicyclic) bond motifs is 2. The van der Waals surface area contributed by atoms with Crippen LogP contribution in [-0.2, 0) is 9.59 Å². The first-order chi connectivity index (χ1) is 12.2. The van der Waals surface area contributed by atoms with E-state index in [1.807, 2.05) is 0 Å². The van der Waals surface area contributed by atoms with Crippen molar-refractivity contribution in [2.45, 2.75) is 56.0 Å². The highest BCUT2D eigenvalue weighted by Gasteiger charge is 2.73. The number of carboxylic acids is 2. The predicted octanol–water partition coefficient (Wildman–Crippen LogP) is 1.77. The van der Waals surface area contributed by atoms with Crippen LogP contribution < -0.4 is 11.5 Å². The molecule has 27 heavy (non-hydrogen) atoms. The van der Waals surface area contributed by atoms with E-state index < -0.39 is 59.0 Å². The van der Waals surface area contributed by atoms with Gasteiger partial charge in [0.1, 0.15) is 11.6 Å². The van der Waals surface area contributed by atoms with Crippen LogP contribution in [0, 0.1) is 35.5 Å². The fourth-order valence-corrected chi connectivity index (χ4v) is 4.82. The zero-order valence-electron chi connectivity index (χ0n) is 14.7. The summed E-state index contributed by atoms with van der Waals surface area (Å²) in [6.45, 7) is 1.41. The molecule has 4 aliphatic carbocycles. The lowest BCUT2D eigenvalue weighted by molar-refractivity contribution is -0.145. The number of aliphatic carboxylic acids is 2. The molecule has 4 rings (SSSR count). The van der Waals surface area contributed by atoms with Crippen LogP contribution in [-0.4, -0.2) is 45.6 Å². The zero-order valence-corrected chi connectivity index (χ0v) is 14.7. The van der Waals surface area contributed by atoms with Crippen molar-refractivity contribution >= 4 is 11.9 Å². The second kappa shape index (κ2) is 6.04. The average Bonchev–Trinajstić information content (AvgIpc) is 3.09. The van der Waals surface area contributed by atoms with Crippen molar-refractivity contribution in [2.24, 2.45) is 47.0 Å². The molecule has 0 aromatic carbocycles. The molecule has 0 aromatic heterocycles. The van der Waals surface area contributed by atoms with Gasteiger partial charge in [-0.05, 0) is 44.4 Å². The molecule has 0 aliphatic heterocycles. The standard InChI is InChI=1S/C9H13F2NO2.C8H11F2NO2/c1-8(12,7(13)14)4-2-5-6(3-4)9(5,10)11;9-8(10)4-1-3(2-5(4)8)6(11)7(12)13/h4-6H,2-3,12H2,1H3,(H,13,14);3-6H,1-2,11H2,(H,12,13). The summed E-state index contributed by atoms with van der Waals surface area (Å²) in [5.41, 5.74) is 9.58. The van der Waals surface area contributed by atoms with Gasteiger partial charge in [0.2, 0.25) is 0 Å². The Kier molecular flexibility index (Phi) is 4.54. The van der Waals surface area contributed by atoms with E-state index in [0.29, 0.717) is 0 Å². The third kappa shape index (κ3) is 3.20. The van der Waals surface area contributed by atoms with E-state index in [1.165, 1.54) is 6.92 Å². The summed E-state index contributed by atoms with van der Waals surface area (Å²) in [4.78, 5) is 21.2. The molecule has 0 saturated heterocycles. The molecule has 6 atom stereocenters. The molecule has 4 aliphatic rings. The molecule has 6 nitrogen and oxygen atoms in total. The van der Waals surface area contributed by atoms with Crippen molar-refractivity contribution in [3.63, 3.8) is 0 Å². The van der Waals surface area contributed by atoms with Gasteiger partial charge in [-0.1, -0.05) is 0 Å². The SMILES string of the molecule is CC(N)(C(=O)O)C1CC2C(C1)C2(F)F.NC(C(=O)O)C1CC2C(C1)C2(F)F. The monoisotopic (exact) mass is 396 g/mol. The van der Waals surface area contributed by atoms with Crippen molar-refractivity contribution in [1.82, 2.24) is 0 Å². The third-order valence-electron chi connectivity index (χ3n) is 7.02. The van der Waals surface area contributed by atoms with E-state index in [-0.39, 0.29) is 37.5 Å². The molecule has 0 spiro atoms. The van der Waals surface area contributed by atoms with Crippen LogP contribution in [0.15, 0.2) is 0 Å². The average molecular weight is 396 g/mol. The van der Waals surface area contributed by atoms with Crippen molar-refractivity contribution in [3.05, 3.63) is 0 Å². The molecule has 4 saturated carbocycles. The van der Waals surface area contributed by atoms with Gasteiger partial charge >= 0.3 is 11.9 Å². The second-order valence-electron chi connectivity index (χ2n) is 8.63. The molecule has 0 bridgehead atoms. The van der Waals surface area contributed by atoms with Crippen molar-refractivity contribution in [3.8, 4) is 0 Å². The zero-order chi connectivity index (χ0) is 20.5. The first kappa shape index (κ1) is 20.3. The molecule has 4 fully saturated rings. The van der Waals surface area contributed by atoms with Gasteiger partial charge in [-0.2, -0.15) is 0 Å². The van der Waals surface area contributed by atoms with Gasteiger partial charge in [0.25, 0.3) is 11.8 Å². The minimum Gasteiger partial charge on any atom is -0.480 e. The maximum atomic E-state index is 12.8. The van der Waals surface area contributed by atoms with Gasteiger partial charge in [0.05, 0.1) is 0 Å². The molecule has 0 aromatic rings. The van der Waals surface area contributed by atoms with E-state index in [0.717, 1.165) is 0 Å². The highest BCUT2D eigenvalue weighted by molar-refractivity contribution is 5.78.